The van der Waals surface area contributed by atoms with E-state index in [4.69, 9.17) is 11.6 Å². The van der Waals surface area contributed by atoms with E-state index in [1.54, 1.807) is 28.9 Å². The lowest BCUT2D eigenvalue weighted by molar-refractivity contribution is -0.886. The van der Waals surface area contributed by atoms with Gasteiger partial charge >= 0.3 is 0 Å². The molecule has 0 aliphatic carbocycles. The molecule has 1 N–H and O–H groups in total. The number of nitro benzene ring substituents is 1. The number of nitrogens with one attached hydrogen (secondary N) is 1. The number of quaternary nitrogens is 1. The summed E-state index contributed by atoms with van der Waals surface area (Å²) in [6.07, 6.45) is 0. The van der Waals surface area contributed by atoms with Gasteiger partial charge in [-0.15, -0.1) is 5.10 Å². The topological polar surface area (TPSA) is 91.2 Å². The van der Waals surface area contributed by atoms with Crippen LogP contribution in [-0.4, -0.2) is 39.2 Å². The summed E-state index contributed by atoms with van der Waals surface area (Å²) >= 11 is 6.07. The quantitative estimate of drug-likeness (QED) is 0.550. The molecule has 25 heavy (non-hydrogen) atoms. The van der Waals surface area contributed by atoms with Crippen LogP contribution < -0.4 is 4.90 Å². The number of benzene rings is 2. The molecule has 0 radical (unpaired) electrons. The van der Waals surface area contributed by atoms with Crippen LogP contribution in [0.15, 0.2) is 48.5 Å². The minimum absolute atomic E-state index is 0.0329. The Morgan fingerprint density at radius 2 is 1.96 bits per heavy atom. The molecule has 0 amide bonds. The summed E-state index contributed by atoms with van der Waals surface area (Å²) in [5.74, 6) is 0.572. The summed E-state index contributed by atoms with van der Waals surface area (Å²) in [6.45, 7) is 0. The number of non-ortho nitro benzene ring substituents is 1. The van der Waals surface area contributed by atoms with Gasteiger partial charge in [0.05, 0.1) is 24.7 Å². The van der Waals surface area contributed by atoms with Crippen molar-refractivity contribution in [3.05, 3.63) is 75.1 Å². The molecule has 0 saturated heterocycles. The van der Waals surface area contributed by atoms with Crippen LogP contribution in [-0.2, 0) is 0 Å². The molecule has 128 valence electrons. The minimum atomic E-state index is -0.411. The monoisotopic (exact) mass is 359 g/mol. The molecule has 0 unspecified atom stereocenters. The van der Waals surface area contributed by atoms with Gasteiger partial charge in [-0.2, -0.15) is 4.68 Å². The fourth-order valence-corrected chi connectivity index (χ4v) is 2.91. The van der Waals surface area contributed by atoms with Gasteiger partial charge in [-0.25, -0.2) is 0 Å². The number of nitro groups is 1. The molecule has 0 aliphatic heterocycles. The van der Waals surface area contributed by atoms with Crippen molar-refractivity contribution in [1.82, 2.24) is 20.2 Å². The van der Waals surface area contributed by atoms with E-state index in [0.29, 0.717) is 10.8 Å². The van der Waals surface area contributed by atoms with E-state index >= 15 is 0 Å². The molecule has 3 rings (SSSR count). The molecular formula is C16H16ClN6O2+. The molecule has 1 heterocycles. The highest BCUT2D eigenvalue weighted by Gasteiger charge is 2.29. The Hall–Kier alpha value is -2.84. The van der Waals surface area contributed by atoms with Crippen molar-refractivity contribution in [2.45, 2.75) is 6.04 Å². The van der Waals surface area contributed by atoms with Crippen LogP contribution in [0, 0.1) is 10.1 Å². The Kier molecular flexibility index (Phi) is 4.73. The highest BCUT2D eigenvalue weighted by molar-refractivity contribution is 6.30. The summed E-state index contributed by atoms with van der Waals surface area (Å²) < 4.78 is 1.60. The summed E-state index contributed by atoms with van der Waals surface area (Å²) in [5, 5.41) is 23.7. The Bertz CT molecular complexity index is 911. The first-order valence-corrected chi connectivity index (χ1v) is 7.94. The molecule has 8 nitrogen and oxygen atoms in total. The van der Waals surface area contributed by atoms with E-state index in [2.05, 4.69) is 15.5 Å². The van der Waals surface area contributed by atoms with Crippen molar-refractivity contribution in [2.24, 2.45) is 0 Å². The maximum absolute atomic E-state index is 11.1. The van der Waals surface area contributed by atoms with Gasteiger partial charge in [0.2, 0.25) is 5.82 Å². The zero-order valence-electron chi connectivity index (χ0n) is 13.6. The lowest BCUT2D eigenvalue weighted by Crippen LogP contribution is -3.06. The SMILES string of the molecule is C[NH+](C)[C@H](c1cccc([N+](=O)[O-])c1)c1nnnn1-c1cccc(Cl)c1. The second-order valence-corrected chi connectivity index (χ2v) is 6.23. The number of hydrogen-bond donors (Lipinski definition) is 1. The normalized spacial score (nSPS) is 12.3. The maximum atomic E-state index is 11.1. The molecule has 0 bridgehead atoms. The fraction of sp³-hybridized carbons (Fsp3) is 0.188. The first kappa shape index (κ1) is 17.0. The summed E-state index contributed by atoms with van der Waals surface area (Å²) in [7, 11) is 3.89. The van der Waals surface area contributed by atoms with Crippen molar-refractivity contribution in [3.8, 4) is 5.69 Å². The second-order valence-electron chi connectivity index (χ2n) is 5.79. The van der Waals surface area contributed by atoms with Gasteiger partial charge in [-0.3, -0.25) is 10.1 Å². The third-order valence-corrected chi connectivity index (χ3v) is 4.03. The fourth-order valence-electron chi connectivity index (χ4n) is 2.72. The van der Waals surface area contributed by atoms with E-state index in [-0.39, 0.29) is 11.7 Å². The molecule has 1 aromatic heterocycles. The second kappa shape index (κ2) is 6.96. The number of rotatable bonds is 5. The Morgan fingerprint density at radius 1 is 1.20 bits per heavy atom. The van der Waals surface area contributed by atoms with Crippen molar-refractivity contribution >= 4 is 17.3 Å². The molecule has 1 atom stereocenters. The molecule has 9 heteroatoms. The van der Waals surface area contributed by atoms with Gasteiger partial charge < -0.3 is 4.90 Å². The zero-order chi connectivity index (χ0) is 18.0. The molecule has 0 spiro atoms. The molecule has 0 saturated carbocycles. The predicted molar refractivity (Wildman–Crippen MR) is 91.9 cm³/mol. The van der Waals surface area contributed by atoms with Crippen LogP contribution in [0.4, 0.5) is 5.69 Å². The van der Waals surface area contributed by atoms with Crippen LogP contribution >= 0.6 is 11.6 Å². The van der Waals surface area contributed by atoms with Gasteiger partial charge in [0.15, 0.2) is 6.04 Å². The standard InChI is InChI=1S/C16H15ClN6O2/c1-21(2)15(11-5-3-8-14(9-11)23(24)25)16-18-19-20-22(16)13-7-4-6-12(17)10-13/h3-10,15H,1-2H3/p+1/t15-/m1/s1. The first-order chi connectivity index (χ1) is 12.0. The van der Waals surface area contributed by atoms with Gasteiger partial charge in [0.1, 0.15) is 0 Å². The smallest absolute Gasteiger partial charge is 0.269 e. The van der Waals surface area contributed by atoms with Crippen molar-refractivity contribution < 1.29 is 9.82 Å². The summed E-state index contributed by atoms with van der Waals surface area (Å²) in [4.78, 5) is 11.7. The van der Waals surface area contributed by atoms with E-state index in [1.165, 1.54) is 6.07 Å². The number of tetrazole rings is 1. The predicted octanol–water partition coefficient (Wildman–Crippen LogP) is 1.46. The van der Waals surface area contributed by atoms with Crippen LogP contribution in [0.5, 0.6) is 0 Å². The highest BCUT2D eigenvalue weighted by atomic mass is 35.5. The van der Waals surface area contributed by atoms with Crippen molar-refractivity contribution in [1.29, 1.82) is 0 Å². The summed E-state index contributed by atoms with van der Waals surface area (Å²) in [5.41, 5.74) is 1.52. The summed E-state index contributed by atoms with van der Waals surface area (Å²) in [6, 6.07) is 13.4. The van der Waals surface area contributed by atoms with E-state index in [0.717, 1.165) is 16.2 Å². The van der Waals surface area contributed by atoms with E-state index in [9.17, 15) is 10.1 Å². The minimum Gasteiger partial charge on any atom is -0.327 e. The van der Waals surface area contributed by atoms with Gasteiger partial charge in [0, 0.05) is 22.7 Å². The van der Waals surface area contributed by atoms with Crippen LogP contribution in [0.25, 0.3) is 5.69 Å². The van der Waals surface area contributed by atoms with Gasteiger partial charge in [-0.1, -0.05) is 29.8 Å². The molecule has 0 aliphatic rings. The largest absolute Gasteiger partial charge is 0.327 e. The average molecular weight is 360 g/mol. The Morgan fingerprint density at radius 3 is 2.64 bits per heavy atom. The van der Waals surface area contributed by atoms with Crippen LogP contribution in [0.1, 0.15) is 17.4 Å². The number of nitrogens with zero attached hydrogens (tertiary/aromatic N) is 5. The number of aromatic nitrogens is 4. The van der Waals surface area contributed by atoms with Gasteiger partial charge in [-0.05, 0) is 28.6 Å². The third kappa shape index (κ3) is 3.49. The molecule has 3 aromatic rings. The number of halogens is 1. The molecule has 0 fully saturated rings. The molecule has 2 aromatic carbocycles. The van der Waals surface area contributed by atoms with Gasteiger partial charge in [0.25, 0.3) is 5.69 Å². The number of hydrogen-bond acceptors (Lipinski definition) is 5. The van der Waals surface area contributed by atoms with Crippen molar-refractivity contribution in [3.63, 3.8) is 0 Å². The van der Waals surface area contributed by atoms with E-state index < -0.39 is 4.92 Å². The average Bonchev–Trinajstić information content (AvgIpc) is 3.04. The lowest BCUT2D eigenvalue weighted by atomic mass is 10.0. The highest BCUT2D eigenvalue weighted by Crippen LogP contribution is 2.23. The van der Waals surface area contributed by atoms with Crippen LogP contribution in [0.2, 0.25) is 5.02 Å². The van der Waals surface area contributed by atoms with E-state index in [1.807, 2.05) is 32.3 Å². The van der Waals surface area contributed by atoms with Crippen LogP contribution in [0.3, 0.4) is 0 Å². The maximum Gasteiger partial charge on any atom is 0.269 e. The molecular weight excluding hydrogens is 344 g/mol. The zero-order valence-corrected chi connectivity index (χ0v) is 14.4. The lowest BCUT2D eigenvalue weighted by Gasteiger charge is -2.20. The third-order valence-electron chi connectivity index (χ3n) is 3.80. The van der Waals surface area contributed by atoms with Crippen molar-refractivity contribution in [2.75, 3.05) is 14.1 Å². The Balaban J connectivity index is 2.11. The first-order valence-electron chi connectivity index (χ1n) is 7.56. The Labute approximate surface area is 148 Å².